The first-order chi connectivity index (χ1) is 14.2. The lowest BCUT2D eigenvalue weighted by Gasteiger charge is -2.33. The van der Waals surface area contributed by atoms with E-state index in [9.17, 15) is 19.2 Å². The van der Waals surface area contributed by atoms with Gasteiger partial charge in [-0.25, -0.2) is 9.59 Å². The Bertz CT molecular complexity index is 731. The summed E-state index contributed by atoms with van der Waals surface area (Å²) in [6.45, 7) is 10.8. The molecule has 3 amide bonds. The van der Waals surface area contributed by atoms with Crippen LogP contribution in [0.1, 0.15) is 54.4 Å². The van der Waals surface area contributed by atoms with Gasteiger partial charge in [0.2, 0.25) is 11.8 Å². The first-order valence-corrected chi connectivity index (χ1v) is 10.5. The number of likely N-dealkylation sites (N-methyl/N-ethyl adjacent to an activating group) is 1. The number of hydrogen-bond donors (Lipinski definition) is 1. The van der Waals surface area contributed by atoms with Crippen molar-refractivity contribution in [1.29, 1.82) is 0 Å². The molecule has 2 saturated heterocycles. The lowest BCUT2D eigenvalue weighted by atomic mass is 9.84. The third kappa shape index (κ3) is 5.47. The van der Waals surface area contributed by atoms with Crippen molar-refractivity contribution in [2.24, 2.45) is 5.41 Å². The van der Waals surface area contributed by atoms with E-state index in [2.05, 4.69) is 5.32 Å². The Labute approximate surface area is 183 Å². The van der Waals surface area contributed by atoms with Crippen molar-refractivity contribution < 1.29 is 33.4 Å². The van der Waals surface area contributed by atoms with Gasteiger partial charge in [-0.1, -0.05) is 13.8 Å². The largest absolute Gasteiger partial charge is 0.467 e. The third-order valence-corrected chi connectivity index (χ3v) is 5.68. The summed E-state index contributed by atoms with van der Waals surface area (Å²) in [5.74, 6) is -1.42. The van der Waals surface area contributed by atoms with Crippen LogP contribution in [0, 0.1) is 5.41 Å². The van der Waals surface area contributed by atoms with E-state index in [0.717, 1.165) is 0 Å². The van der Waals surface area contributed by atoms with Gasteiger partial charge in [-0.3, -0.25) is 14.5 Å². The summed E-state index contributed by atoms with van der Waals surface area (Å²) in [4.78, 5) is 53.4. The average molecular weight is 442 g/mol. The number of methoxy groups -OCH3 is 1. The van der Waals surface area contributed by atoms with Crippen molar-refractivity contribution in [3.8, 4) is 0 Å². The van der Waals surface area contributed by atoms with Gasteiger partial charge in [0.1, 0.15) is 30.0 Å². The zero-order chi connectivity index (χ0) is 23.7. The minimum Gasteiger partial charge on any atom is -0.467 e. The van der Waals surface area contributed by atoms with Crippen LogP contribution in [-0.2, 0) is 28.6 Å². The van der Waals surface area contributed by atoms with Crippen molar-refractivity contribution in [3.05, 3.63) is 0 Å². The Morgan fingerprint density at radius 1 is 1.29 bits per heavy atom. The van der Waals surface area contributed by atoms with E-state index >= 15 is 0 Å². The molecule has 2 fully saturated rings. The molecule has 2 heterocycles. The van der Waals surface area contributed by atoms with Crippen LogP contribution >= 0.6 is 0 Å². The molecular formula is C21H35N3O7. The van der Waals surface area contributed by atoms with E-state index in [-0.39, 0.29) is 13.0 Å². The van der Waals surface area contributed by atoms with Crippen LogP contribution in [0.4, 0.5) is 4.79 Å². The maximum absolute atomic E-state index is 13.3. The fraction of sp³-hybridized carbons (Fsp3) is 0.810. The number of nitrogens with zero attached hydrogens (tertiary/aromatic N) is 2. The molecule has 4 atom stereocenters. The highest BCUT2D eigenvalue weighted by Gasteiger charge is 2.55. The van der Waals surface area contributed by atoms with Gasteiger partial charge < -0.3 is 24.4 Å². The van der Waals surface area contributed by atoms with Crippen LogP contribution in [0.25, 0.3) is 0 Å². The molecule has 1 N–H and O–H groups in total. The Balaban J connectivity index is 2.14. The van der Waals surface area contributed by atoms with Crippen molar-refractivity contribution in [2.45, 2.75) is 84.3 Å². The zero-order valence-electron chi connectivity index (χ0n) is 19.7. The molecule has 176 valence electrons. The quantitative estimate of drug-likeness (QED) is 0.654. The minimum atomic E-state index is -0.881. The van der Waals surface area contributed by atoms with Gasteiger partial charge in [-0.05, 0) is 27.7 Å². The van der Waals surface area contributed by atoms with Crippen LogP contribution in [0.3, 0.4) is 0 Å². The van der Waals surface area contributed by atoms with E-state index in [0.29, 0.717) is 6.42 Å². The van der Waals surface area contributed by atoms with Gasteiger partial charge in [0.05, 0.1) is 13.7 Å². The van der Waals surface area contributed by atoms with Crippen LogP contribution in [0.2, 0.25) is 0 Å². The normalized spacial score (nSPS) is 26.4. The Morgan fingerprint density at radius 2 is 1.90 bits per heavy atom. The molecule has 0 aromatic carbocycles. The summed E-state index contributed by atoms with van der Waals surface area (Å²) >= 11 is 0. The predicted octanol–water partition coefficient (Wildman–Crippen LogP) is 1.27. The molecule has 0 aromatic rings. The summed E-state index contributed by atoms with van der Waals surface area (Å²) in [7, 11) is 2.74. The molecule has 2 aliphatic heterocycles. The second-order valence-corrected chi connectivity index (χ2v) is 9.81. The van der Waals surface area contributed by atoms with Gasteiger partial charge in [0, 0.05) is 25.3 Å². The summed E-state index contributed by atoms with van der Waals surface area (Å²) in [5.41, 5.74) is -1.24. The molecule has 10 nitrogen and oxygen atoms in total. The molecule has 31 heavy (non-hydrogen) atoms. The maximum Gasteiger partial charge on any atom is 0.410 e. The van der Waals surface area contributed by atoms with Gasteiger partial charge in [-0.2, -0.15) is 0 Å². The molecule has 2 rings (SSSR count). The number of ether oxygens (including phenoxy) is 3. The second-order valence-electron chi connectivity index (χ2n) is 9.81. The lowest BCUT2D eigenvalue weighted by molar-refractivity contribution is -0.160. The fourth-order valence-electron chi connectivity index (χ4n) is 3.87. The van der Waals surface area contributed by atoms with Crippen LogP contribution in [-0.4, -0.2) is 84.4 Å². The maximum atomic E-state index is 13.3. The van der Waals surface area contributed by atoms with Gasteiger partial charge in [-0.15, -0.1) is 0 Å². The zero-order valence-corrected chi connectivity index (χ0v) is 19.7. The Hall–Kier alpha value is -2.36. The lowest BCUT2D eigenvalue weighted by Crippen LogP contribution is -2.57. The standard InChI is InChI=1S/C21H35N3O7/c1-12(23(7)19(28)31-20(2,3)4)16(25)22-13-9-10-30-14-11-21(5,6)15(18(27)29-8)24(14)17(13)26/h12-15H,9-11H2,1-8H3,(H,22,25)/t12-,13-,14?,15+/m0/s1. The number of carbonyl (C=O) groups excluding carboxylic acids is 4. The SMILES string of the molecule is COC(=O)[C@H]1N2C(=O)[C@@H](NC(=O)[C@H](C)N(C)C(=O)OC(C)(C)C)CCOC2CC1(C)C. The smallest absolute Gasteiger partial charge is 0.410 e. The predicted molar refractivity (Wildman–Crippen MR) is 111 cm³/mol. The summed E-state index contributed by atoms with van der Waals surface area (Å²) < 4.78 is 16.1. The van der Waals surface area contributed by atoms with E-state index in [1.165, 1.54) is 24.0 Å². The Morgan fingerprint density at radius 3 is 2.45 bits per heavy atom. The van der Waals surface area contributed by atoms with Crippen molar-refractivity contribution >= 4 is 23.9 Å². The summed E-state index contributed by atoms with van der Waals surface area (Å²) in [6.07, 6.45) is -0.459. The van der Waals surface area contributed by atoms with E-state index in [4.69, 9.17) is 14.2 Å². The van der Waals surface area contributed by atoms with Crippen molar-refractivity contribution in [3.63, 3.8) is 0 Å². The van der Waals surface area contributed by atoms with Crippen LogP contribution in [0.5, 0.6) is 0 Å². The number of esters is 1. The molecule has 0 saturated carbocycles. The van der Waals surface area contributed by atoms with Gasteiger partial charge >= 0.3 is 12.1 Å². The number of carbonyl (C=O) groups is 4. The first-order valence-electron chi connectivity index (χ1n) is 10.5. The highest BCUT2D eigenvalue weighted by Crippen LogP contribution is 2.42. The molecule has 2 aliphatic rings. The average Bonchev–Trinajstić information content (AvgIpc) is 2.84. The number of amides is 3. The highest BCUT2D eigenvalue weighted by molar-refractivity contribution is 5.93. The second kappa shape index (κ2) is 9.02. The van der Waals surface area contributed by atoms with E-state index in [1.54, 1.807) is 27.7 Å². The summed E-state index contributed by atoms with van der Waals surface area (Å²) in [5, 5.41) is 2.71. The fourth-order valence-corrected chi connectivity index (χ4v) is 3.87. The first kappa shape index (κ1) is 24.9. The van der Waals surface area contributed by atoms with Crippen molar-refractivity contribution in [2.75, 3.05) is 20.8 Å². The monoisotopic (exact) mass is 441 g/mol. The number of nitrogens with one attached hydrogen (secondary N) is 1. The topological polar surface area (TPSA) is 114 Å². The molecule has 0 aromatic heterocycles. The summed E-state index contributed by atoms with van der Waals surface area (Å²) in [6, 6.07) is -2.56. The van der Waals surface area contributed by atoms with Crippen LogP contribution < -0.4 is 5.32 Å². The number of hydrogen-bond acceptors (Lipinski definition) is 7. The molecular weight excluding hydrogens is 406 g/mol. The number of fused-ring (bicyclic) bond motifs is 1. The minimum absolute atomic E-state index is 0.248. The van der Waals surface area contributed by atoms with E-state index < -0.39 is 59.2 Å². The molecule has 10 heteroatoms. The third-order valence-electron chi connectivity index (χ3n) is 5.68. The van der Waals surface area contributed by atoms with Crippen molar-refractivity contribution in [1.82, 2.24) is 15.1 Å². The van der Waals surface area contributed by atoms with Gasteiger partial charge in [0.15, 0.2) is 0 Å². The van der Waals surface area contributed by atoms with Crippen LogP contribution in [0.15, 0.2) is 0 Å². The highest BCUT2D eigenvalue weighted by atomic mass is 16.6. The molecule has 0 aliphatic carbocycles. The van der Waals surface area contributed by atoms with Gasteiger partial charge in [0.25, 0.3) is 0 Å². The number of rotatable bonds is 4. The Kier molecular flexibility index (Phi) is 7.24. The molecule has 0 spiro atoms. The molecule has 0 radical (unpaired) electrons. The van der Waals surface area contributed by atoms with E-state index in [1.807, 2.05) is 13.8 Å². The molecule has 0 bridgehead atoms. The molecule has 1 unspecified atom stereocenters.